The van der Waals surface area contributed by atoms with Gasteiger partial charge in [-0.15, -0.1) is 0 Å². The summed E-state index contributed by atoms with van der Waals surface area (Å²) in [6.07, 6.45) is 0.815. The summed E-state index contributed by atoms with van der Waals surface area (Å²) in [5.74, 6) is 0. The maximum absolute atomic E-state index is 12.3. The van der Waals surface area contributed by atoms with Crippen LogP contribution in [0.15, 0.2) is 23.1 Å². The van der Waals surface area contributed by atoms with Gasteiger partial charge in [-0.3, -0.25) is 10.1 Å². The van der Waals surface area contributed by atoms with Gasteiger partial charge in [-0.05, 0) is 53.2 Å². The molecule has 0 heterocycles. The second kappa shape index (κ2) is 8.59. The van der Waals surface area contributed by atoms with Crippen LogP contribution in [-0.4, -0.2) is 38.1 Å². The lowest BCUT2D eigenvalue weighted by molar-refractivity contribution is -0.384. The molecule has 0 saturated heterocycles. The lowest BCUT2D eigenvalue weighted by atomic mass is 10.1. The molecule has 0 unspecified atom stereocenters. The summed E-state index contributed by atoms with van der Waals surface area (Å²) < 4.78 is 32.5. The van der Waals surface area contributed by atoms with Crippen molar-refractivity contribution in [1.82, 2.24) is 4.72 Å². The van der Waals surface area contributed by atoms with Crippen LogP contribution in [0.5, 0.6) is 0 Å². The van der Waals surface area contributed by atoms with Gasteiger partial charge >= 0.3 is 0 Å². The molecule has 0 aliphatic heterocycles. The summed E-state index contributed by atoms with van der Waals surface area (Å²) in [4.78, 5) is 10.6. The first kappa shape index (κ1) is 21.3. The van der Waals surface area contributed by atoms with Gasteiger partial charge in [0.2, 0.25) is 10.0 Å². The van der Waals surface area contributed by atoms with Gasteiger partial charge in [0.1, 0.15) is 5.69 Å². The Balaban J connectivity index is 2.91. The molecule has 1 rings (SSSR count). The highest BCUT2D eigenvalue weighted by Crippen LogP contribution is 2.28. The number of nitrogens with zero attached hydrogens (tertiary/aromatic N) is 1. The van der Waals surface area contributed by atoms with E-state index < -0.39 is 20.5 Å². The summed E-state index contributed by atoms with van der Waals surface area (Å²) in [6.45, 7) is 10.0. The van der Waals surface area contributed by atoms with E-state index in [4.69, 9.17) is 4.74 Å². The molecule has 9 heteroatoms. The number of hydrogen-bond donors (Lipinski definition) is 2. The van der Waals surface area contributed by atoms with E-state index >= 15 is 0 Å². The number of hydrogen-bond acceptors (Lipinski definition) is 6. The first-order valence-corrected chi connectivity index (χ1v) is 9.58. The largest absolute Gasteiger partial charge is 0.379 e. The minimum atomic E-state index is -3.83. The van der Waals surface area contributed by atoms with E-state index in [0.717, 1.165) is 6.07 Å². The van der Waals surface area contributed by atoms with Crippen LogP contribution in [0.1, 0.15) is 41.0 Å². The van der Waals surface area contributed by atoms with Gasteiger partial charge in [0.05, 0.1) is 15.9 Å². The molecule has 0 saturated carbocycles. The fraction of sp³-hybridized carbons (Fsp3) is 0.625. The minimum absolute atomic E-state index is 0.133. The van der Waals surface area contributed by atoms with E-state index in [2.05, 4.69) is 10.0 Å². The zero-order chi connectivity index (χ0) is 19.3. The van der Waals surface area contributed by atoms with Crippen LogP contribution in [0.3, 0.4) is 0 Å². The summed E-state index contributed by atoms with van der Waals surface area (Å²) in [6, 6.07) is 3.84. The van der Waals surface area contributed by atoms with Crippen LogP contribution in [-0.2, 0) is 14.8 Å². The number of anilines is 1. The molecule has 2 N–H and O–H groups in total. The average molecular weight is 373 g/mol. The normalized spacial score (nSPS) is 12.4. The molecule has 0 amide bonds. The number of nitro benzene ring substituents is 1. The Hall–Kier alpha value is -1.71. The Labute approximate surface area is 149 Å². The monoisotopic (exact) mass is 373 g/mol. The third kappa shape index (κ3) is 7.37. The number of rotatable bonds is 9. The van der Waals surface area contributed by atoms with E-state index in [0.29, 0.717) is 19.6 Å². The second-order valence-electron chi connectivity index (χ2n) is 6.99. The molecule has 0 bridgehead atoms. The molecule has 0 aromatic heterocycles. The molecule has 0 aliphatic carbocycles. The smallest absolute Gasteiger partial charge is 0.293 e. The Morgan fingerprint density at radius 1 is 1.28 bits per heavy atom. The molecule has 0 atom stereocenters. The third-order valence-corrected chi connectivity index (χ3v) is 4.76. The van der Waals surface area contributed by atoms with Crippen molar-refractivity contribution in [2.75, 3.05) is 18.5 Å². The quantitative estimate of drug-likeness (QED) is 0.391. The van der Waals surface area contributed by atoms with Crippen LogP contribution in [0, 0.1) is 10.1 Å². The number of benzene rings is 1. The predicted octanol–water partition coefficient (Wildman–Crippen LogP) is 2.90. The van der Waals surface area contributed by atoms with Crippen molar-refractivity contribution >= 4 is 21.4 Å². The molecule has 1 aromatic rings. The van der Waals surface area contributed by atoms with Crippen molar-refractivity contribution in [2.45, 2.75) is 57.6 Å². The maximum Gasteiger partial charge on any atom is 0.293 e. The summed E-state index contributed by atoms with van der Waals surface area (Å²) >= 11 is 0. The van der Waals surface area contributed by atoms with Gasteiger partial charge in [-0.1, -0.05) is 0 Å². The van der Waals surface area contributed by atoms with Crippen LogP contribution in [0.2, 0.25) is 0 Å². The fourth-order valence-electron chi connectivity index (χ4n) is 2.06. The van der Waals surface area contributed by atoms with E-state index in [1.165, 1.54) is 12.1 Å². The molecule has 0 aliphatic rings. The van der Waals surface area contributed by atoms with Gasteiger partial charge < -0.3 is 10.1 Å². The highest BCUT2D eigenvalue weighted by molar-refractivity contribution is 7.89. The maximum atomic E-state index is 12.3. The van der Waals surface area contributed by atoms with Gasteiger partial charge in [0.15, 0.2) is 0 Å². The zero-order valence-electron chi connectivity index (χ0n) is 15.3. The van der Waals surface area contributed by atoms with Crippen molar-refractivity contribution in [3.63, 3.8) is 0 Å². The molecule has 142 valence electrons. The van der Waals surface area contributed by atoms with E-state index in [1.807, 2.05) is 13.8 Å². The third-order valence-electron chi connectivity index (χ3n) is 3.00. The molecule has 1 aromatic carbocycles. The SMILES string of the molecule is CC(C)OCCCNc1ccc(S(=O)(=O)NC(C)(C)C)cc1[N+](=O)[O-]. The molecule has 0 fully saturated rings. The van der Waals surface area contributed by atoms with Crippen molar-refractivity contribution in [2.24, 2.45) is 0 Å². The molecule has 8 nitrogen and oxygen atoms in total. The first-order valence-electron chi connectivity index (χ1n) is 8.10. The highest BCUT2D eigenvalue weighted by Gasteiger charge is 2.25. The van der Waals surface area contributed by atoms with Gasteiger partial charge in [-0.25, -0.2) is 13.1 Å². The number of ether oxygens (including phenoxy) is 1. The number of sulfonamides is 1. The Bertz CT molecular complexity index is 696. The van der Waals surface area contributed by atoms with E-state index in [1.54, 1.807) is 20.8 Å². The number of nitrogens with one attached hydrogen (secondary N) is 2. The van der Waals surface area contributed by atoms with Crippen molar-refractivity contribution in [3.05, 3.63) is 28.3 Å². The van der Waals surface area contributed by atoms with Crippen LogP contribution in [0.4, 0.5) is 11.4 Å². The predicted molar refractivity (Wildman–Crippen MR) is 97.4 cm³/mol. The minimum Gasteiger partial charge on any atom is -0.379 e. The Morgan fingerprint density at radius 3 is 2.44 bits per heavy atom. The molecule has 0 spiro atoms. The Morgan fingerprint density at radius 2 is 1.92 bits per heavy atom. The van der Waals surface area contributed by atoms with Gasteiger partial charge in [0, 0.05) is 24.8 Å². The van der Waals surface area contributed by atoms with Crippen LogP contribution in [0.25, 0.3) is 0 Å². The van der Waals surface area contributed by atoms with Crippen molar-refractivity contribution in [1.29, 1.82) is 0 Å². The summed E-state index contributed by atoms with van der Waals surface area (Å²) in [5.41, 5.74) is -0.674. The van der Waals surface area contributed by atoms with E-state index in [-0.39, 0.29) is 22.4 Å². The summed E-state index contributed by atoms with van der Waals surface area (Å²) in [5, 5.41) is 14.2. The standard InChI is InChI=1S/C16H27N3O5S/c1-12(2)24-10-6-9-17-14-8-7-13(11-15(14)19(20)21)25(22,23)18-16(3,4)5/h7-8,11-12,17-18H,6,9-10H2,1-5H3. The second-order valence-corrected chi connectivity index (χ2v) is 8.67. The zero-order valence-corrected chi connectivity index (χ0v) is 16.1. The molecule has 25 heavy (non-hydrogen) atoms. The fourth-order valence-corrected chi connectivity index (χ4v) is 3.49. The number of nitro groups is 1. The molecular weight excluding hydrogens is 346 g/mol. The lowest BCUT2D eigenvalue weighted by Gasteiger charge is -2.20. The van der Waals surface area contributed by atoms with Crippen molar-refractivity contribution in [3.8, 4) is 0 Å². The van der Waals surface area contributed by atoms with Gasteiger partial charge in [-0.2, -0.15) is 0 Å². The summed E-state index contributed by atoms with van der Waals surface area (Å²) in [7, 11) is -3.83. The lowest BCUT2D eigenvalue weighted by Crippen LogP contribution is -2.40. The van der Waals surface area contributed by atoms with Crippen LogP contribution >= 0.6 is 0 Å². The topological polar surface area (TPSA) is 111 Å². The molecular formula is C16H27N3O5S. The molecule has 0 radical (unpaired) electrons. The highest BCUT2D eigenvalue weighted by atomic mass is 32.2. The van der Waals surface area contributed by atoms with E-state index in [9.17, 15) is 18.5 Å². The Kier molecular flexibility index (Phi) is 7.33. The van der Waals surface area contributed by atoms with Crippen LogP contribution < -0.4 is 10.0 Å². The average Bonchev–Trinajstić information content (AvgIpc) is 2.43. The first-order chi connectivity index (χ1) is 11.4. The van der Waals surface area contributed by atoms with Crippen molar-refractivity contribution < 1.29 is 18.1 Å². The van der Waals surface area contributed by atoms with Gasteiger partial charge in [0.25, 0.3) is 5.69 Å².